The number of fused-ring (bicyclic) bond motifs is 1. The summed E-state index contributed by atoms with van der Waals surface area (Å²) in [7, 11) is -3.35. The van der Waals surface area contributed by atoms with E-state index >= 15 is 0 Å². The Bertz CT molecular complexity index is 914. The first kappa shape index (κ1) is 31.2. The van der Waals surface area contributed by atoms with Gasteiger partial charge in [0, 0.05) is 24.0 Å². The summed E-state index contributed by atoms with van der Waals surface area (Å²) in [5, 5.41) is 0. The predicted molar refractivity (Wildman–Crippen MR) is 146 cm³/mol. The van der Waals surface area contributed by atoms with Crippen LogP contribution in [0.25, 0.3) is 0 Å². The molecule has 0 saturated heterocycles. The Labute approximate surface area is 222 Å². The van der Waals surface area contributed by atoms with Gasteiger partial charge in [-0.3, -0.25) is 19.1 Å². The van der Waals surface area contributed by atoms with Crippen LogP contribution in [0.15, 0.2) is 29.3 Å². The smallest absolute Gasteiger partial charge is 0.330 e. The van der Waals surface area contributed by atoms with Gasteiger partial charge in [0.2, 0.25) is 0 Å². The van der Waals surface area contributed by atoms with Gasteiger partial charge in [0.25, 0.3) is 0 Å². The van der Waals surface area contributed by atoms with Gasteiger partial charge in [-0.05, 0) is 64.5 Å². The molecule has 0 spiro atoms. The molecule has 0 fully saturated rings. The molecule has 1 aliphatic heterocycles. The molecule has 0 bridgehead atoms. The Balaban J connectivity index is 1.88. The number of rotatable bonds is 19. The lowest BCUT2D eigenvalue weighted by atomic mass is 9.78. The lowest BCUT2D eigenvalue weighted by molar-refractivity contribution is -0.144. The van der Waals surface area contributed by atoms with Gasteiger partial charge in [0.1, 0.15) is 0 Å². The Morgan fingerprint density at radius 1 is 0.865 bits per heavy atom. The van der Waals surface area contributed by atoms with E-state index in [1.807, 2.05) is 25.1 Å². The van der Waals surface area contributed by atoms with E-state index in [-0.39, 0.29) is 23.5 Å². The van der Waals surface area contributed by atoms with Crippen LogP contribution in [0.5, 0.6) is 0 Å². The van der Waals surface area contributed by atoms with Crippen molar-refractivity contribution in [3.63, 3.8) is 0 Å². The van der Waals surface area contributed by atoms with Crippen molar-refractivity contribution in [1.29, 1.82) is 0 Å². The highest BCUT2D eigenvalue weighted by molar-refractivity contribution is 7.53. The number of benzene rings is 1. The minimum atomic E-state index is -3.35. The molecule has 0 N–H and O–H groups in total. The second kappa shape index (κ2) is 16.1. The first-order valence-corrected chi connectivity index (χ1v) is 15.3. The van der Waals surface area contributed by atoms with Crippen molar-refractivity contribution in [2.24, 2.45) is 4.99 Å². The molecule has 9 heteroatoms. The number of para-hydroxylation sites is 1. The highest BCUT2D eigenvalue weighted by Gasteiger charge is 2.39. The highest BCUT2D eigenvalue weighted by Crippen LogP contribution is 2.53. The molecule has 0 radical (unpaired) electrons. The fraction of sp³-hybridized carbons (Fsp3) is 0.679. The molecule has 0 amide bonds. The molecule has 1 aliphatic rings. The fourth-order valence-electron chi connectivity index (χ4n) is 4.35. The number of hydrogen-bond acceptors (Lipinski definition) is 8. The minimum Gasteiger partial charge on any atom is -0.466 e. The van der Waals surface area contributed by atoms with Crippen LogP contribution in [-0.2, 0) is 38.1 Å². The maximum Gasteiger partial charge on any atom is 0.330 e. The molecule has 0 saturated carbocycles. The van der Waals surface area contributed by atoms with E-state index in [0.29, 0.717) is 71.4 Å². The third kappa shape index (κ3) is 10.3. The lowest BCUT2D eigenvalue weighted by Crippen LogP contribution is -2.29. The second-order valence-corrected chi connectivity index (χ2v) is 11.7. The molecule has 1 unspecified atom stereocenters. The molecular formula is C28H44NO7P. The van der Waals surface area contributed by atoms with E-state index in [1.165, 1.54) is 0 Å². The molecule has 2 rings (SSSR count). The SMILES string of the molecule is CCOC(=O)CCCCCOP(=O)(CCC1(C)C(C)=Nc2ccccc21)OCCCCCC(=O)OCC. The van der Waals surface area contributed by atoms with Crippen LogP contribution in [0, 0.1) is 0 Å². The molecule has 0 aliphatic carbocycles. The van der Waals surface area contributed by atoms with E-state index in [0.717, 1.165) is 29.8 Å². The summed E-state index contributed by atoms with van der Waals surface area (Å²) >= 11 is 0. The summed E-state index contributed by atoms with van der Waals surface area (Å²) in [6.45, 7) is 9.13. The third-order valence-corrected chi connectivity index (χ3v) is 8.63. The van der Waals surface area contributed by atoms with Crippen molar-refractivity contribution in [1.82, 2.24) is 0 Å². The van der Waals surface area contributed by atoms with Crippen LogP contribution in [-0.4, -0.2) is 50.2 Å². The number of unbranched alkanes of at least 4 members (excludes halogenated alkanes) is 4. The van der Waals surface area contributed by atoms with E-state index < -0.39 is 7.60 Å². The number of nitrogens with zero attached hydrogens (tertiary/aromatic N) is 1. The van der Waals surface area contributed by atoms with Crippen LogP contribution >= 0.6 is 7.60 Å². The maximum absolute atomic E-state index is 13.8. The predicted octanol–water partition coefficient (Wildman–Crippen LogP) is 6.91. The van der Waals surface area contributed by atoms with Gasteiger partial charge >= 0.3 is 19.5 Å². The molecule has 8 nitrogen and oxygen atoms in total. The summed E-state index contributed by atoms with van der Waals surface area (Å²) in [6.07, 6.45) is 6.00. The van der Waals surface area contributed by atoms with E-state index in [4.69, 9.17) is 23.5 Å². The number of aliphatic imine (C=N–C) groups is 1. The molecular weight excluding hydrogens is 493 g/mol. The molecule has 208 valence electrons. The summed E-state index contributed by atoms with van der Waals surface area (Å²) in [5.74, 6) is -0.384. The number of carbonyl (C=O) groups is 2. The Morgan fingerprint density at radius 2 is 1.41 bits per heavy atom. The van der Waals surface area contributed by atoms with Crippen molar-refractivity contribution in [2.75, 3.05) is 32.6 Å². The number of esters is 2. The van der Waals surface area contributed by atoms with Gasteiger partial charge < -0.3 is 18.5 Å². The topological polar surface area (TPSA) is 100 Å². The summed E-state index contributed by atoms with van der Waals surface area (Å²) in [4.78, 5) is 27.7. The van der Waals surface area contributed by atoms with Crippen molar-refractivity contribution in [3.8, 4) is 0 Å². The van der Waals surface area contributed by atoms with Gasteiger partial charge in [-0.2, -0.15) is 0 Å². The molecule has 37 heavy (non-hydrogen) atoms. The van der Waals surface area contributed by atoms with Crippen LogP contribution in [0.1, 0.15) is 91.0 Å². The van der Waals surface area contributed by atoms with E-state index in [1.54, 1.807) is 13.8 Å². The van der Waals surface area contributed by atoms with Gasteiger partial charge in [-0.25, -0.2) is 0 Å². The average Bonchev–Trinajstić information content (AvgIpc) is 3.13. The number of carbonyl (C=O) groups excluding carboxylic acids is 2. The first-order valence-electron chi connectivity index (χ1n) is 13.6. The molecule has 1 heterocycles. The van der Waals surface area contributed by atoms with Crippen molar-refractivity contribution >= 4 is 30.9 Å². The minimum absolute atomic E-state index is 0.192. The monoisotopic (exact) mass is 537 g/mol. The van der Waals surface area contributed by atoms with Crippen molar-refractivity contribution < 1.29 is 32.7 Å². The van der Waals surface area contributed by atoms with Gasteiger partial charge in [-0.1, -0.05) is 38.0 Å². The Kier molecular flexibility index (Phi) is 13.5. The van der Waals surface area contributed by atoms with Crippen LogP contribution in [0.4, 0.5) is 5.69 Å². The summed E-state index contributed by atoms with van der Waals surface area (Å²) in [6, 6.07) is 8.06. The van der Waals surface area contributed by atoms with Crippen LogP contribution in [0.2, 0.25) is 0 Å². The lowest BCUT2D eigenvalue weighted by Gasteiger charge is -2.28. The van der Waals surface area contributed by atoms with Crippen molar-refractivity contribution in [3.05, 3.63) is 29.8 Å². The average molecular weight is 538 g/mol. The third-order valence-electron chi connectivity index (χ3n) is 6.71. The standard InChI is InChI=1S/C28H44NO7P/c1-5-33-26(30)17-9-7-13-20-35-37(32,36-21-14-8-10-18-27(31)34-6-2)22-19-28(4)23(3)29-25-16-12-11-15-24(25)28/h11-12,15-16H,5-10,13-14,17-22H2,1-4H3. The van der Waals surface area contributed by atoms with Crippen molar-refractivity contribution in [2.45, 2.75) is 90.9 Å². The Morgan fingerprint density at radius 3 is 1.95 bits per heavy atom. The fourth-order valence-corrected chi connectivity index (χ4v) is 6.22. The molecule has 1 aromatic carbocycles. The van der Waals surface area contributed by atoms with E-state index in [2.05, 4.69) is 13.0 Å². The Hall–Kier alpha value is -2.02. The largest absolute Gasteiger partial charge is 0.466 e. The normalized spacial score (nSPS) is 16.8. The quantitative estimate of drug-likeness (QED) is 0.107. The van der Waals surface area contributed by atoms with Gasteiger partial charge in [0.05, 0.1) is 38.3 Å². The van der Waals surface area contributed by atoms with Gasteiger partial charge in [-0.15, -0.1) is 0 Å². The maximum atomic E-state index is 13.8. The molecule has 0 aromatic heterocycles. The summed E-state index contributed by atoms with van der Waals surface area (Å²) < 4.78 is 35.4. The second-order valence-electron chi connectivity index (χ2n) is 9.53. The zero-order chi connectivity index (χ0) is 27.2. The van der Waals surface area contributed by atoms with Crippen LogP contribution < -0.4 is 0 Å². The number of ether oxygens (including phenoxy) is 2. The first-order chi connectivity index (χ1) is 17.7. The highest BCUT2D eigenvalue weighted by atomic mass is 31.2. The zero-order valence-electron chi connectivity index (χ0n) is 23.0. The number of hydrogen-bond donors (Lipinski definition) is 0. The zero-order valence-corrected chi connectivity index (χ0v) is 23.9. The summed E-state index contributed by atoms with van der Waals surface area (Å²) in [5.41, 5.74) is 2.77. The molecule has 1 aromatic rings. The van der Waals surface area contributed by atoms with E-state index in [9.17, 15) is 14.2 Å². The van der Waals surface area contributed by atoms with Crippen LogP contribution in [0.3, 0.4) is 0 Å². The van der Waals surface area contributed by atoms with Gasteiger partial charge in [0.15, 0.2) is 0 Å². The molecule has 1 atom stereocenters.